The molecule has 0 radical (unpaired) electrons. The van der Waals surface area contributed by atoms with Crippen molar-refractivity contribution in [1.29, 1.82) is 0 Å². The summed E-state index contributed by atoms with van der Waals surface area (Å²) in [5, 5.41) is 9.03. The Kier molecular flexibility index (Phi) is 4.37. The maximum absolute atomic E-state index is 13.6. The van der Waals surface area contributed by atoms with Crippen LogP contribution >= 0.6 is 0 Å². The SMILES string of the molecule is COc1ccc(CN2CCCC(C(=O)O)C2)cc1F. The molecule has 0 aromatic heterocycles. The zero-order valence-corrected chi connectivity index (χ0v) is 10.9. The molecule has 1 aromatic rings. The fourth-order valence-electron chi connectivity index (χ4n) is 2.47. The van der Waals surface area contributed by atoms with E-state index in [1.54, 1.807) is 6.07 Å². The highest BCUT2D eigenvalue weighted by Gasteiger charge is 2.25. The van der Waals surface area contributed by atoms with E-state index in [-0.39, 0.29) is 17.5 Å². The number of ether oxygens (including phenoxy) is 1. The largest absolute Gasteiger partial charge is 0.494 e. The van der Waals surface area contributed by atoms with Crippen molar-refractivity contribution in [3.8, 4) is 5.75 Å². The van der Waals surface area contributed by atoms with Crippen molar-refractivity contribution in [2.75, 3.05) is 20.2 Å². The zero-order chi connectivity index (χ0) is 13.8. The Balaban J connectivity index is 2.00. The van der Waals surface area contributed by atoms with Crippen LogP contribution in [-0.2, 0) is 11.3 Å². The van der Waals surface area contributed by atoms with Gasteiger partial charge in [-0.2, -0.15) is 0 Å². The van der Waals surface area contributed by atoms with Crippen molar-refractivity contribution in [2.45, 2.75) is 19.4 Å². The van der Waals surface area contributed by atoms with E-state index in [0.29, 0.717) is 13.1 Å². The second-order valence-corrected chi connectivity index (χ2v) is 4.88. The molecule has 0 bridgehead atoms. The van der Waals surface area contributed by atoms with Gasteiger partial charge in [0.05, 0.1) is 13.0 Å². The number of halogens is 1. The third-order valence-corrected chi connectivity index (χ3v) is 3.48. The smallest absolute Gasteiger partial charge is 0.307 e. The monoisotopic (exact) mass is 267 g/mol. The van der Waals surface area contributed by atoms with Crippen LogP contribution in [0.2, 0.25) is 0 Å². The number of carbonyl (C=O) groups is 1. The number of rotatable bonds is 4. The van der Waals surface area contributed by atoms with E-state index < -0.39 is 5.97 Å². The van der Waals surface area contributed by atoms with E-state index >= 15 is 0 Å². The molecule has 1 atom stereocenters. The molecular weight excluding hydrogens is 249 g/mol. The topological polar surface area (TPSA) is 49.8 Å². The van der Waals surface area contributed by atoms with Gasteiger partial charge in [0.25, 0.3) is 0 Å². The van der Waals surface area contributed by atoms with Crippen LogP contribution in [0.1, 0.15) is 18.4 Å². The molecule has 2 rings (SSSR count). The Labute approximate surface area is 111 Å². The molecule has 4 nitrogen and oxygen atoms in total. The van der Waals surface area contributed by atoms with Gasteiger partial charge in [-0.25, -0.2) is 4.39 Å². The van der Waals surface area contributed by atoms with Gasteiger partial charge in [0.15, 0.2) is 11.6 Å². The quantitative estimate of drug-likeness (QED) is 0.908. The molecule has 0 saturated carbocycles. The fraction of sp³-hybridized carbons (Fsp3) is 0.500. The number of nitrogens with zero attached hydrogens (tertiary/aromatic N) is 1. The molecule has 1 heterocycles. The lowest BCUT2D eigenvalue weighted by molar-refractivity contribution is -0.143. The summed E-state index contributed by atoms with van der Waals surface area (Å²) in [5.41, 5.74) is 0.837. The summed E-state index contributed by atoms with van der Waals surface area (Å²) in [4.78, 5) is 13.0. The van der Waals surface area contributed by atoms with Gasteiger partial charge >= 0.3 is 5.97 Å². The molecule has 5 heteroatoms. The predicted octanol–water partition coefficient (Wildman–Crippen LogP) is 2.13. The third-order valence-electron chi connectivity index (χ3n) is 3.48. The number of hydrogen-bond acceptors (Lipinski definition) is 3. The van der Waals surface area contributed by atoms with Gasteiger partial charge < -0.3 is 9.84 Å². The van der Waals surface area contributed by atoms with Gasteiger partial charge in [-0.1, -0.05) is 6.07 Å². The van der Waals surface area contributed by atoms with Crippen LogP contribution in [0.15, 0.2) is 18.2 Å². The van der Waals surface area contributed by atoms with Crippen LogP contribution in [0.5, 0.6) is 5.75 Å². The summed E-state index contributed by atoms with van der Waals surface area (Å²) < 4.78 is 18.4. The lowest BCUT2D eigenvalue weighted by Gasteiger charge is -2.30. The van der Waals surface area contributed by atoms with Crippen molar-refractivity contribution < 1.29 is 19.0 Å². The summed E-state index contributed by atoms with van der Waals surface area (Å²) >= 11 is 0. The molecule has 1 N–H and O–H groups in total. The molecule has 0 amide bonds. The highest BCUT2D eigenvalue weighted by Crippen LogP contribution is 2.22. The van der Waals surface area contributed by atoms with Crippen molar-refractivity contribution in [1.82, 2.24) is 4.90 Å². The summed E-state index contributed by atoms with van der Waals surface area (Å²) in [6.45, 7) is 1.96. The number of piperidine rings is 1. The Hall–Kier alpha value is -1.62. The number of benzene rings is 1. The molecule has 1 fully saturated rings. The standard InChI is InChI=1S/C14H18FNO3/c1-19-13-5-4-10(7-12(13)15)8-16-6-2-3-11(9-16)14(17)18/h4-5,7,11H,2-3,6,8-9H2,1H3,(H,17,18). The van der Waals surface area contributed by atoms with Crippen molar-refractivity contribution in [2.24, 2.45) is 5.92 Å². The molecule has 104 valence electrons. The molecule has 1 aliphatic rings. The molecule has 1 unspecified atom stereocenters. The average Bonchev–Trinajstić information content (AvgIpc) is 2.39. The number of carboxylic acids is 1. The number of methoxy groups -OCH3 is 1. The Morgan fingerprint density at radius 2 is 2.37 bits per heavy atom. The molecular formula is C14H18FNO3. The van der Waals surface area contributed by atoms with Gasteiger partial charge in [-0.05, 0) is 37.1 Å². The van der Waals surface area contributed by atoms with Crippen LogP contribution in [0.4, 0.5) is 4.39 Å². The highest BCUT2D eigenvalue weighted by molar-refractivity contribution is 5.70. The van der Waals surface area contributed by atoms with Crippen molar-refractivity contribution >= 4 is 5.97 Å². The number of aliphatic carboxylic acids is 1. The van der Waals surface area contributed by atoms with Crippen LogP contribution in [-0.4, -0.2) is 36.2 Å². The highest BCUT2D eigenvalue weighted by atomic mass is 19.1. The maximum Gasteiger partial charge on any atom is 0.307 e. The second-order valence-electron chi connectivity index (χ2n) is 4.88. The molecule has 1 aliphatic heterocycles. The van der Waals surface area contributed by atoms with E-state index in [4.69, 9.17) is 9.84 Å². The van der Waals surface area contributed by atoms with E-state index in [1.165, 1.54) is 13.2 Å². The minimum absolute atomic E-state index is 0.228. The average molecular weight is 267 g/mol. The van der Waals surface area contributed by atoms with Crippen molar-refractivity contribution in [3.63, 3.8) is 0 Å². The van der Waals surface area contributed by atoms with Gasteiger partial charge in [0.1, 0.15) is 0 Å². The normalized spacial score (nSPS) is 20.2. The summed E-state index contributed by atoms with van der Waals surface area (Å²) in [6.07, 6.45) is 1.60. The second kappa shape index (κ2) is 6.02. The van der Waals surface area contributed by atoms with Crippen LogP contribution in [0.25, 0.3) is 0 Å². The lowest BCUT2D eigenvalue weighted by Crippen LogP contribution is -2.38. The molecule has 0 spiro atoms. The maximum atomic E-state index is 13.6. The third kappa shape index (κ3) is 3.44. The van der Waals surface area contributed by atoms with E-state index in [2.05, 4.69) is 4.90 Å². The number of carboxylic acid groups (broad SMARTS) is 1. The molecule has 0 aliphatic carbocycles. The minimum atomic E-state index is -0.745. The first-order chi connectivity index (χ1) is 9.10. The van der Waals surface area contributed by atoms with Crippen LogP contribution in [0.3, 0.4) is 0 Å². The van der Waals surface area contributed by atoms with Gasteiger partial charge in [-0.3, -0.25) is 9.69 Å². The first-order valence-corrected chi connectivity index (χ1v) is 6.37. The molecule has 1 saturated heterocycles. The summed E-state index contributed by atoms with van der Waals surface area (Å²) in [5.74, 6) is -1.21. The predicted molar refractivity (Wildman–Crippen MR) is 68.6 cm³/mol. The van der Waals surface area contributed by atoms with Crippen LogP contribution in [0, 0.1) is 11.7 Å². The van der Waals surface area contributed by atoms with Crippen LogP contribution < -0.4 is 4.74 Å². The van der Waals surface area contributed by atoms with Gasteiger partial charge in [0.2, 0.25) is 0 Å². The summed E-state index contributed by atoms with van der Waals surface area (Å²) in [6, 6.07) is 4.86. The zero-order valence-electron chi connectivity index (χ0n) is 10.9. The van der Waals surface area contributed by atoms with E-state index in [1.807, 2.05) is 6.07 Å². The molecule has 1 aromatic carbocycles. The number of likely N-dealkylation sites (tertiary alicyclic amines) is 1. The summed E-state index contributed by atoms with van der Waals surface area (Å²) in [7, 11) is 1.43. The fourth-order valence-corrected chi connectivity index (χ4v) is 2.47. The van der Waals surface area contributed by atoms with Crippen molar-refractivity contribution in [3.05, 3.63) is 29.6 Å². The van der Waals surface area contributed by atoms with Gasteiger partial charge in [0, 0.05) is 13.1 Å². The Morgan fingerprint density at radius 3 is 3.00 bits per heavy atom. The first kappa shape index (κ1) is 13.8. The molecule has 19 heavy (non-hydrogen) atoms. The Morgan fingerprint density at radius 1 is 1.58 bits per heavy atom. The van der Waals surface area contributed by atoms with E-state index in [0.717, 1.165) is 24.9 Å². The van der Waals surface area contributed by atoms with Gasteiger partial charge in [-0.15, -0.1) is 0 Å². The lowest BCUT2D eigenvalue weighted by atomic mass is 9.98. The minimum Gasteiger partial charge on any atom is -0.494 e. The van der Waals surface area contributed by atoms with E-state index in [9.17, 15) is 9.18 Å². The Bertz CT molecular complexity index is 464. The number of hydrogen-bond donors (Lipinski definition) is 1. The first-order valence-electron chi connectivity index (χ1n) is 6.37.